The van der Waals surface area contributed by atoms with Gasteiger partial charge >= 0.3 is 5.97 Å². The SMILES string of the molecule is CN(C)c1ccc(CC(F)C(=O)O)cc1. The number of carboxylic acids is 1. The molecule has 0 saturated heterocycles. The third-order valence-corrected chi connectivity index (χ3v) is 2.14. The van der Waals surface area contributed by atoms with Crippen molar-refractivity contribution >= 4 is 11.7 Å². The number of nitrogens with zero attached hydrogens (tertiary/aromatic N) is 1. The van der Waals surface area contributed by atoms with Crippen LogP contribution in [0, 0.1) is 0 Å². The van der Waals surface area contributed by atoms with Crippen LogP contribution in [-0.4, -0.2) is 31.3 Å². The van der Waals surface area contributed by atoms with Crippen molar-refractivity contribution in [3.05, 3.63) is 29.8 Å². The summed E-state index contributed by atoms with van der Waals surface area (Å²) in [6.07, 6.45) is -1.90. The molecule has 82 valence electrons. The first-order valence-corrected chi connectivity index (χ1v) is 4.64. The summed E-state index contributed by atoms with van der Waals surface area (Å²) in [6.45, 7) is 0. The maximum absolute atomic E-state index is 12.9. The average molecular weight is 211 g/mol. The lowest BCUT2D eigenvalue weighted by molar-refractivity contribution is -0.142. The molecule has 0 aliphatic rings. The van der Waals surface area contributed by atoms with E-state index in [1.165, 1.54) is 0 Å². The summed E-state index contributed by atoms with van der Waals surface area (Å²) in [6, 6.07) is 7.16. The molecule has 0 heterocycles. The van der Waals surface area contributed by atoms with Crippen LogP contribution in [0.5, 0.6) is 0 Å². The quantitative estimate of drug-likeness (QED) is 0.824. The molecule has 3 nitrogen and oxygen atoms in total. The number of carbonyl (C=O) groups is 1. The highest BCUT2D eigenvalue weighted by Crippen LogP contribution is 2.14. The van der Waals surface area contributed by atoms with E-state index in [2.05, 4.69) is 0 Å². The van der Waals surface area contributed by atoms with Gasteiger partial charge in [-0.05, 0) is 17.7 Å². The van der Waals surface area contributed by atoms with E-state index < -0.39 is 12.1 Å². The predicted molar refractivity (Wildman–Crippen MR) is 57.0 cm³/mol. The number of carboxylic acid groups (broad SMARTS) is 1. The molecule has 15 heavy (non-hydrogen) atoms. The molecule has 1 rings (SSSR count). The van der Waals surface area contributed by atoms with Crippen molar-refractivity contribution in [2.45, 2.75) is 12.6 Å². The fraction of sp³-hybridized carbons (Fsp3) is 0.364. The number of aliphatic carboxylic acids is 1. The van der Waals surface area contributed by atoms with E-state index in [0.29, 0.717) is 5.56 Å². The Balaban J connectivity index is 2.68. The number of benzene rings is 1. The Morgan fingerprint density at radius 2 is 1.93 bits per heavy atom. The summed E-state index contributed by atoms with van der Waals surface area (Å²) in [5.41, 5.74) is 1.69. The van der Waals surface area contributed by atoms with Crippen molar-refractivity contribution in [1.82, 2.24) is 0 Å². The zero-order valence-electron chi connectivity index (χ0n) is 8.77. The molecule has 0 spiro atoms. The van der Waals surface area contributed by atoms with Gasteiger partial charge in [0.25, 0.3) is 0 Å². The zero-order valence-corrected chi connectivity index (χ0v) is 8.77. The van der Waals surface area contributed by atoms with Crippen LogP contribution in [-0.2, 0) is 11.2 Å². The van der Waals surface area contributed by atoms with Crippen LogP contribution in [0.15, 0.2) is 24.3 Å². The van der Waals surface area contributed by atoms with E-state index >= 15 is 0 Å². The molecule has 1 unspecified atom stereocenters. The Bertz CT molecular complexity index is 335. The molecule has 0 aromatic heterocycles. The fourth-order valence-electron chi connectivity index (χ4n) is 1.22. The maximum atomic E-state index is 12.9. The third kappa shape index (κ3) is 3.23. The number of rotatable bonds is 4. The number of alkyl halides is 1. The Labute approximate surface area is 88.1 Å². The molecule has 0 radical (unpaired) electrons. The van der Waals surface area contributed by atoms with Crippen LogP contribution in [0.4, 0.5) is 10.1 Å². The van der Waals surface area contributed by atoms with Crippen LogP contribution >= 0.6 is 0 Å². The monoisotopic (exact) mass is 211 g/mol. The van der Waals surface area contributed by atoms with Gasteiger partial charge in [0.2, 0.25) is 6.17 Å². The van der Waals surface area contributed by atoms with Crippen LogP contribution in [0.3, 0.4) is 0 Å². The lowest BCUT2D eigenvalue weighted by Crippen LogP contribution is -2.17. The highest BCUT2D eigenvalue weighted by molar-refractivity contribution is 5.72. The van der Waals surface area contributed by atoms with Crippen molar-refractivity contribution in [1.29, 1.82) is 0 Å². The minimum atomic E-state index is -1.82. The zero-order chi connectivity index (χ0) is 11.4. The first-order chi connectivity index (χ1) is 7.00. The van der Waals surface area contributed by atoms with Gasteiger partial charge in [0.05, 0.1) is 0 Å². The minimum absolute atomic E-state index is 0.0803. The van der Waals surface area contributed by atoms with E-state index in [1.54, 1.807) is 12.1 Å². The second kappa shape index (κ2) is 4.77. The summed E-state index contributed by atoms with van der Waals surface area (Å²) in [4.78, 5) is 12.2. The summed E-state index contributed by atoms with van der Waals surface area (Å²) >= 11 is 0. The largest absolute Gasteiger partial charge is 0.479 e. The van der Waals surface area contributed by atoms with E-state index in [9.17, 15) is 9.18 Å². The second-order valence-electron chi connectivity index (χ2n) is 3.57. The number of hydrogen-bond donors (Lipinski definition) is 1. The summed E-state index contributed by atoms with van der Waals surface area (Å²) in [7, 11) is 3.81. The Kier molecular flexibility index (Phi) is 3.66. The van der Waals surface area contributed by atoms with Gasteiger partial charge in [-0.15, -0.1) is 0 Å². The molecule has 0 bridgehead atoms. The molecule has 0 aliphatic heterocycles. The van der Waals surface area contributed by atoms with Crippen LogP contribution in [0.2, 0.25) is 0 Å². The molecule has 0 fully saturated rings. The van der Waals surface area contributed by atoms with Crippen LogP contribution in [0.1, 0.15) is 5.56 Å². The van der Waals surface area contributed by atoms with Crippen molar-refractivity contribution < 1.29 is 14.3 Å². The van der Waals surface area contributed by atoms with Gasteiger partial charge in [-0.25, -0.2) is 9.18 Å². The Hall–Kier alpha value is -1.58. The number of anilines is 1. The van der Waals surface area contributed by atoms with Crippen LogP contribution in [0.25, 0.3) is 0 Å². The topological polar surface area (TPSA) is 40.5 Å². The van der Waals surface area contributed by atoms with Crippen molar-refractivity contribution in [3.63, 3.8) is 0 Å². The van der Waals surface area contributed by atoms with E-state index in [-0.39, 0.29) is 6.42 Å². The van der Waals surface area contributed by atoms with Gasteiger partial charge in [-0.3, -0.25) is 0 Å². The normalized spacial score (nSPS) is 12.2. The molecular weight excluding hydrogens is 197 g/mol. The number of halogens is 1. The van der Waals surface area contributed by atoms with Gasteiger partial charge in [0.15, 0.2) is 0 Å². The lowest BCUT2D eigenvalue weighted by atomic mass is 10.1. The summed E-state index contributed by atoms with van der Waals surface area (Å²) < 4.78 is 12.9. The van der Waals surface area contributed by atoms with Crippen molar-refractivity contribution in [2.24, 2.45) is 0 Å². The standard InChI is InChI=1S/C11H14FNO2/c1-13(2)9-5-3-8(4-6-9)7-10(12)11(14)15/h3-6,10H,7H2,1-2H3,(H,14,15). The Morgan fingerprint density at radius 1 is 1.40 bits per heavy atom. The average Bonchev–Trinajstić information content (AvgIpc) is 2.18. The molecule has 4 heteroatoms. The third-order valence-electron chi connectivity index (χ3n) is 2.14. The van der Waals surface area contributed by atoms with E-state index in [4.69, 9.17) is 5.11 Å². The fourth-order valence-corrected chi connectivity index (χ4v) is 1.22. The van der Waals surface area contributed by atoms with Crippen molar-refractivity contribution in [2.75, 3.05) is 19.0 Å². The molecule has 0 aliphatic carbocycles. The molecular formula is C11H14FNO2. The van der Waals surface area contributed by atoms with E-state index in [1.807, 2.05) is 31.1 Å². The lowest BCUT2D eigenvalue weighted by Gasteiger charge is -2.12. The molecule has 0 amide bonds. The van der Waals surface area contributed by atoms with Gasteiger partial charge in [0, 0.05) is 26.2 Å². The Morgan fingerprint density at radius 3 is 2.33 bits per heavy atom. The van der Waals surface area contributed by atoms with E-state index in [0.717, 1.165) is 5.69 Å². The summed E-state index contributed by atoms with van der Waals surface area (Å²) in [5.74, 6) is -1.41. The van der Waals surface area contributed by atoms with Crippen LogP contribution < -0.4 is 4.90 Å². The molecule has 0 saturated carbocycles. The van der Waals surface area contributed by atoms with Gasteiger partial charge in [-0.1, -0.05) is 12.1 Å². The molecule has 1 aromatic carbocycles. The van der Waals surface area contributed by atoms with Gasteiger partial charge in [0.1, 0.15) is 0 Å². The highest BCUT2D eigenvalue weighted by atomic mass is 19.1. The molecule has 1 atom stereocenters. The number of hydrogen-bond acceptors (Lipinski definition) is 2. The summed E-state index contributed by atoms with van der Waals surface area (Å²) in [5, 5.41) is 8.40. The van der Waals surface area contributed by atoms with Gasteiger partial charge < -0.3 is 10.0 Å². The predicted octanol–water partition coefficient (Wildman–Crippen LogP) is 1.72. The molecule has 1 aromatic rings. The first-order valence-electron chi connectivity index (χ1n) is 4.64. The van der Waals surface area contributed by atoms with Gasteiger partial charge in [-0.2, -0.15) is 0 Å². The first kappa shape index (κ1) is 11.5. The molecule has 1 N–H and O–H groups in total. The smallest absolute Gasteiger partial charge is 0.338 e. The maximum Gasteiger partial charge on any atom is 0.338 e. The van der Waals surface area contributed by atoms with Crippen molar-refractivity contribution in [3.8, 4) is 0 Å². The second-order valence-corrected chi connectivity index (χ2v) is 3.57. The minimum Gasteiger partial charge on any atom is -0.479 e. The highest BCUT2D eigenvalue weighted by Gasteiger charge is 2.15.